The van der Waals surface area contributed by atoms with Gasteiger partial charge < -0.3 is 5.32 Å². The molecule has 0 aromatic heterocycles. The Kier molecular flexibility index (Phi) is 2.26. The lowest BCUT2D eigenvalue weighted by atomic mass is 9.95. The van der Waals surface area contributed by atoms with Crippen LogP contribution in [0.2, 0.25) is 5.02 Å². The molecule has 1 aromatic carbocycles. The SMILES string of the molecule is O=C1Cc2cc(C(=O)C3C4C5CCC(C5)C34)c(Cl)cc2N1. The van der Waals surface area contributed by atoms with Gasteiger partial charge in [-0.1, -0.05) is 11.6 Å². The molecule has 108 valence electrons. The number of carbonyl (C=O) groups is 2. The number of Topliss-reactive ketones (excluding diaryl/α,β-unsaturated/α-hetero) is 1. The summed E-state index contributed by atoms with van der Waals surface area (Å²) in [6, 6.07) is 3.58. The van der Waals surface area contributed by atoms with Gasteiger partial charge in [0.25, 0.3) is 0 Å². The first kappa shape index (κ1) is 12.2. The van der Waals surface area contributed by atoms with Gasteiger partial charge in [0.1, 0.15) is 0 Å². The summed E-state index contributed by atoms with van der Waals surface area (Å²) in [5.74, 6) is 3.22. The molecule has 1 heterocycles. The summed E-state index contributed by atoms with van der Waals surface area (Å²) < 4.78 is 0. The van der Waals surface area contributed by atoms with Crippen molar-refractivity contribution in [1.82, 2.24) is 0 Å². The van der Waals surface area contributed by atoms with E-state index in [1.807, 2.05) is 6.07 Å². The summed E-state index contributed by atoms with van der Waals surface area (Å²) in [6.45, 7) is 0. The lowest BCUT2D eigenvalue weighted by molar-refractivity contribution is -0.115. The standard InChI is InChI=1S/C17H16ClNO2/c18-11-6-12-9(5-13(20)19-12)4-10(11)17(21)16-14-7-1-2-8(3-7)15(14)16/h4,6-8,14-16H,1-3,5H2,(H,19,20). The van der Waals surface area contributed by atoms with E-state index in [2.05, 4.69) is 5.32 Å². The Labute approximate surface area is 128 Å². The molecule has 1 aromatic rings. The number of hydrogen-bond donors (Lipinski definition) is 1. The molecule has 4 aliphatic rings. The molecule has 4 heteroatoms. The second-order valence-electron chi connectivity index (χ2n) is 7.09. The summed E-state index contributed by atoms with van der Waals surface area (Å²) in [7, 11) is 0. The average Bonchev–Trinajstić information content (AvgIpc) is 2.75. The predicted molar refractivity (Wildman–Crippen MR) is 79.4 cm³/mol. The molecule has 1 amide bonds. The van der Waals surface area contributed by atoms with Gasteiger partial charge in [-0.25, -0.2) is 0 Å². The molecule has 0 saturated heterocycles. The minimum absolute atomic E-state index is 0.0213. The highest BCUT2D eigenvalue weighted by Gasteiger charge is 2.67. The molecule has 4 atom stereocenters. The van der Waals surface area contributed by atoms with E-state index in [1.165, 1.54) is 19.3 Å². The summed E-state index contributed by atoms with van der Waals surface area (Å²) in [5, 5.41) is 3.26. The van der Waals surface area contributed by atoms with Crippen molar-refractivity contribution in [2.75, 3.05) is 5.32 Å². The average molecular weight is 302 g/mol. The highest BCUT2D eigenvalue weighted by molar-refractivity contribution is 6.34. The Balaban J connectivity index is 1.48. The fraction of sp³-hybridized carbons (Fsp3) is 0.529. The van der Waals surface area contributed by atoms with Crippen molar-refractivity contribution in [1.29, 1.82) is 0 Å². The van der Waals surface area contributed by atoms with Gasteiger partial charge in [0.2, 0.25) is 5.91 Å². The molecule has 1 N–H and O–H groups in total. The number of nitrogens with one attached hydrogen (secondary N) is 1. The zero-order chi connectivity index (χ0) is 14.3. The highest BCUT2D eigenvalue weighted by atomic mass is 35.5. The van der Waals surface area contributed by atoms with Crippen molar-refractivity contribution >= 4 is 29.0 Å². The normalized spacial score (nSPS) is 38.1. The Morgan fingerprint density at radius 3 is 2.62 bits per heavy atom. The molecule has 2 bridgehead atoms. The second kappa shape index (κ2) is 3.89. The van der Waals surface area contributed by atoms with E-state index in [0.29, 0.717) is 28.8 Å². The third kappa shape index (κ3) is 1.56. The van der Waals surface area contributed by atoms with E-state index in [0.717, 1.165) is 23.1 Å². The summed E-state index contributed by atoms with van der Waals surface area (Å²) >= 11 is 6.30. The minimum atomic E-state index is -0.0213. The van der Waals surface area contributed by atoms with Gasteiger partial charge in [0.05, 0.1) is 11.4 Å². The number of amides is 1. The van der Waals surface area contributed by atoms with E-state index in [9.17, 15) is 9.59 Å². The van der Waals surface area contributed by atoms with Crippen LogP contribution in [0.25, 0.3) is 0 Å². The molecule has 0 radical (unpaired) electrons. The second-order valence-corrected chi connectivity index (χ2v) is 7.50. The number of hydrogen-bond acceptors (Lipinski definition) is 2. The Bertz CT molecular complexity index is 682. The quantitative estimate of drug-likeness (QED) is 0.852. The summed E-state index contributed by atoms with van der Waals surface area (Å²) in [5.41, 5.74) is 2.30. The fourth-order valence-electron chi connectivity index (χ4n) is 5.29. The van der Waals surface area contributed by atoms with Crippen LogP contribution in [0.3, 0.4) is 0 Å². The maximum absolute atomic E-state index is 12.9. The topological polar surface area (TPSA) is 46.2 Å². The molecule has 3 saturated carbocycles. The van der Waals surface area contributed by atoms with Gasteiger partial charge in [0, 0.05) is 17.2 Å². The number of carbonyl (C=O) groups excluding carboxylic acids is 2. The van der Waals surface area contributed by atoms with Crippen LogP contribution >= 0.6 is 11.6 Å². The first-order chi connectivity index (χ1) is 10.1. The van der Waals surface area contributed by atoms with Crippen molar-refractivity contribution in [3.8, 4) is 0 Å². The Morgan fingerprint density at radius 2 is 1.90 bits per heavy atom. The van der Waals surface area contributed by atoms with Crippen molar-refractivity contribution in [2.45, 2.75) is 25.7 Å². The van der Waals surface area contributed by atoms with E-state index in [-0.39, 0.29) is 17.6 Å². The number of anilines is 1. The predicted octanol–water partition coefficient (Wildman–Crippen LogP) is 3.31. The van der Waals surface area contributed by atoms with Gasteiger partial charge in [-0.2, -0.15) is 0 Å². The van der Waals surface area contributed by atoms with E-state index in [1.54, 1.807) is 6.07 Å². The van der Waals surface area contributed by atoms with Crippen LogP contribution in [0.4, 0.5) is 5.69 Å². The van der Waals surface area contributed by atoms with Crippen molar-refractivity contribution < 1.29 is 9.59 Å². The molecule has 1 aliphatic heterocycles. The van der Waals surface area contributed by atoms with Crippen LogP contribution in [0.5, 0.6) is 0 Å². The number of rotatable bonds is 2. The molecule has 3 fully saturated rings. The monoisotopic (exact) mass is 301 g/mol. The molecule has 3 aliphatic carbocycles. The van der Waals surface area contributed by atoms with Crippen LogP contribution < -0.4 is 5.32 Å². The fourth-order valence-corrected chi connectivity index (χ4v) is 5.55. The van der Waals surface area contributed by atoms with Crippen molar-refractivity contribution in [3.63, 3.8) is 0 Å². The van der Waals surface area contributed by atoms with Gasteiger partial charge in [-0.15, -0.1) is 0 Å². The Morgan fingerprint density at radius 1 is 1.19 bits per heavy atom. The maximum Gasteiger partial charge on any atom is 0.228 e. The number of halogens is 1. The third-order valence-corrected chi connectivity index (χ3v) is 6.43. The summed E-state index contributed by atoms with van der Waals surface area (Å²) in [4.78, 5) is 24.3. The maximum atomic E-state index is 12.9. The molecule has 0 spiro atoms. The van der Waals surface area contributed by atoms with Crippen LogP contribution in [-0.2, 0) is 11.2 Å². The lowest BCUT2D eigenvalue weighted by Gasteiger charge is -2.10. The van der Waals surface area contributed by atoms with Gasteiger partial charge in [-0.05, 0) is 60.6 Å². The van der Waals surface area contributed by atoms with Gasteiger partial charge in [0.15, 0.2) is 5.78 Å². The lowest BCUT2D eigenvalue weighted by Crippen LogP contribution is -2.11. The molecular formula is C17H16ClNO2. The van der Waals surface area contributed by atoms with Crippen LogP contribution in [0, 0.1) is 29.6 Å². The largest absolute Gasteiger partial charge is 0.325 e. The Hall–Kier alpha value is -1.35. The third-order valence-electron chi connectivity index (χ3n) is 6.12. The zero-order valence-corrected chi connectivity index (χ0v) is 12.3. The molecular weight excluding hydrogens is 286 g/mol. The first-order valence-electron chi connectivity index (χ1n) is 7.80. The van der Waals surface area contributed by atoms with Crippen LogP contribution in [0.15, 0.2) is 12.1 Å². The smallest absolute Gasteiger partial charge is 0.228 e. The molecule has 4 unspecified atom stereocenters. The van der Waals surface area contributed by atoms with E-state index >= 15 is 0 Å². The number of ketones is 1. The molecule has 21 heavy (non-hydrogen) atoms. The van der Waals surface area contributed by atoms with Crippen LogP contribution in [0.1, 0.15) is 35.2 Å². The van der Waals surface area contributed by atoms with E-state index in [4.69, 9.17) is 11.6 Å². The van der Waals surface area contributed by atoms with Crippen molar-refractivity contribution in [2.24, 2.45) is 29.6 Å². The first-order valence-corrected chi connectivity index (χ1v) is 8.18. The van der Waals surface area contributed by atoms with Gasteiger partial charge >= 0.3 is 0 Å². The number of fused-ring (bicyclic) bond motifs is 6. The minimum Gasteiger partial charge on any atom is -0.325 e. The number of benzene rings is 1. The molecule has 5 rings (SSSR count). The van der Waals surface area contributed by atoms with Crippen molar-refractivity contribution in [3.05, 3.63) is 28.3 Å². The van der Waals surface area contributed by atoms with Crippen LogP contribution in [-0.4, -0.2) is 11.7 Å². The zero-order valence-electron chi connectivity index (χ0n) is 11.6. The summed E-state index contributed by atoms with van der Waals surface area (Å²) in [6.07, 6.45) is 4.32. The van der Waals surface area contributed by atoms with E-state index < -0.39 is 0 Å². The highest BCUT2D eigenvalue weighted by Crippen LogP contribution is 2.70. The molecule has 3 nitrogen and oxygen atoms in total. The van der Waals surface area contributed by atoms with Gasteiger partial charge in [-0.3, -0.25) is 9.59 Å².